The van der Waals surface area contributed by atoms with Crippen LogP contribution in [0.25, 0.3) is 22.0 Å². The number of ether oxygens (including phenoxy) is 4. The van der Waals surface area contributed by atoms with Gasteiger partial charge in [0.05, 0.1) is 12.8 Å². The first-order valence-corrected chi connectivity index (χ1v) is 9.18. The first kappa shape index (κ1) is 18.1. The number of esters is 1. The fraction of sp³-hybridized carbons (Fsp3) is 0.273. The Kier molecular flexibility index (Phi) is 4.77. The van der Waals surface area contributed by atoms with Gasteiger partial charge in [-0.2, -0.15) is 0 Å². The molecule has 0 amide bonds. The van der Waals surface area contributed by atoms with Crippen molar-refractivity contribution in [3.05, 3.63) is 42.1 Å². The van der Waals surface area contributed by atoms with Gasteiger partial charge < -0.3 is 18.9 Å². The van der Waals surface area contributed by atoms with Crippen LogP contribution in [0.15, 0.2) is 36.5 Å². The predicted octanol–water partition coefficient (Wildman–Crippen LogP) is 4.52. The third kappa shape index (κ3) is 3.22. The zero-order valence-corrected chi connectivity index (χ0v) is 16.1. The zero-order chi connectivity index (χ0) is 19.7. The fourth-order valence-corrected chi connectivity index (χ4v) is 3.43. The normalized spacial score (nSPS) is 12.2. The maximum Gasteiger partial charge on any atom is 0.308 e. The molecule has 2 aromatic carbocycles. The van der Waals surface area contributed by atoms with Gasteiger partial charge in [0.25, 0.3) is 0 Å². The van der Waals surface area contributed by atoms with Crippen molar-refractivity contribution in [2.24, 2.45) is 0 Å². The topological polar surface area (TPSA) is 66.9 Å². The van der Waals surface area contributed by atoms with Crippen molar-refractivity contribution in [1.82, 2.24) is 4.98 Å². The average molecular weight is 379 g/mol. The average Bonchev–Trinajstić information content (AvgIpc) is 3.14. The molecule has 0 N–H and O–H groups in total. The molecule has 0 aliphatic carbocycles. The number of carbonyl (C=O) groups is 1. The number of carbonyl (C=O) groups excluding carboxylic acids is 1. The van der Waals surface area contributed by atoms with Crippen LogP contribution in [0.2, 0.25) is 0 Å². The number of aromatic nitrogens is 1. The molecule has 6 nitrogen and oxygen atoms in total. The van der Waals surface area contributed by atoms with Crippen molar-refractivity contribution in [3.63, 3.8) is 0 Å². The maximum absolute atomic E-state index is 11.5. The van der Waals surface area contributed by atoms with Gasteiger partial charge in [-0.05, 0) is 41.6 Å². The van der Waals surface area contributed by atoms with E-state index in [0.717, 1.165) is 51.9 Å². The van der Waals surface area contributed by atoms with Gasteiger partial charge in [0, 0.05) is 24.1 Å². The monoisotopic (exact) mass is 379 g/mol. The lowest BCUT2D eigenvalue weighted by Crippen LogP contribution is -2.04. The van der Waals surface area contributed by atoms with E-state index < -0.39 is 5.97 Å². The lowest BCUT2D eigenvalue weighted by atomic mass is 9.98. The molecule has 3 aromatic rings. The van der Waals surface area contributed by atoms with E-state index in [1.54, 1.807) is 19.4 Å². The van der Waals surface area contributed by atoms with Crippen LogP contribution in [0.5, 0.6) is 23.0 Å². The van der Waals surface area contributed by atoms with Gasteiger partial charge in [0.2, 0.25) is 6.79 Å². The minimum Gasteiger partial charge on any atom is -0.493 e. The first-order chi connectivity index (χ1) is 13.6. The Labute approximate surface area is 163 Å². The van der Waals surface area contributed by atoms with Crippen LogP contribution in [0.4, 0.5) is 0 Å². The van der Waals surface area contributed by atoms with E-state index in [0.29, 0.717) is 11.5 Å². The number of aryl methyl sites for hydroxylation is 1. The molecule has 0 fully saturated rings. The molecule has 0 spiro atoms. The van der Waals surface area contributed by atoms with Gasteiger partial charge in [-0.3, -0.25) is 9.78 Å². The van der Waals surface area contributed by atoms with Crippen molar-refractivity contribution < 1.29 is 23.7 Å². The van der Waals surface area contributed by atoms with E-state index in [2.05, 4.69) is 11.9 Å². The van der Waals surface area contributed by atoms with Crippen LogP contribution in [0, 0.1) is 0 Å². The van der Waals surface area contributed by atoms with E-state index in [4.69, 9.17) is 18.9 Å². The fourth-order valence-electron chi connectivity index (χ4n) is 3.43. The zero-order valence-electron chi connectivity index (χ0n) is 16.1. The highest BCUT2D eigenvalue weighted by atomic mass is 16.7. The van der Waals surface area contributed by atoms with Crippen molar-refractivity contribution in [2.75, 3.05) is 13.9 Å². The molecule has 1 aliphatic rings. The van der Waals surface area contributed by atoms with E-state index in [-0.39, 0.29) is 6.79 Å². The van der Waals surface area contributed by atoms with Crippen LogP contribution in [-0.4, -0.2) is 24.9 Å². The van der Waals surface area contributed by atoms with E-state index in [1.807, 2.05) is 24.3 Å². The summed E-state index contributed by atoms with van der Waals surface area (Å²) in [5, 5.41) is 1.62. The molecule has 0 unspecified atom stereocenters. The van der Waals surface area contributed by atoms with E-state index >= 15 is 0 Å². The van der Waals surface area contributed by atoms with Crippen LogP contribution >= 0.6 is 0 Å². The largest absolute Gasteiger partial charge is 0.493 e. The number of hydrogen-bond acceptors (Lipinski definition) is 6. The molecule has 0 bridgehead atoms. The number of pyridine rings is 1. The van der Waals surface area contributed by atoms with Gasteiger partial charge in [-0.25, -0.2) is 0 Å². The minimum atomic E-state index is -0.407. The molecule has 144 valence electrons. The summed E-state index contributed by atoms with van der Waals surface area (Å²) < 4.78 is 21.8. The molecular weight excluding hydrogens is 358 g/mol. The Hall–Kier alpha value is -3.28. The third-order valence-electron chi connectivity index (χ3n) is 4.68. The second kappa shape index (κ2) is 7.38. The van der Waals surface area contributed by atoms with Gasteiger partial charge >= 0.3 is 5.97 Å². The second-order valence-corrected chi connectivity index (χ2v) is 6.59. The lowest BCUT2D eigenvalue weighted by Gasteiger charge is -2.13. The second-order valence-electron chi connectivity index (χ2n) is 6.59. The number of nitrogens with zero attached hydrogens (tertiary/aromatic N) is 1. The number of benzene rings is 2. The smallest absolute Gasteiger partial charge is 0.308 e. The molecule has 4 rings (SSSR count). The predicted molar refractivity (Wildman–Crippen MR) is 105 cm³/mol. The Balaban J connectivity index is 1.86. The number of rotatable bonds is 5. The molecule has 0 saturated carbocycles. The SMILES string of the molecule is CCCc1cc2c(cc1-c1cc3ccc(OC)c(OC(C)=O)c3cn1)OCO2. The minimum absolute atomic E-state index is 0.237. The maximum atomic E-state index is 11.5. The van der Waals surface area contributed by atoms with Crippen molar-refractivity contribution in [3.8, 4) is 34.3 Å². The Morgan fingerprint density at radius 2 is 1.96 bits per heavy atom. The Morgan fingerprint density at radius 3 is 2.68 bits per heavy atom. The summed E-state index contributed by atoms with van der Waals surface area (Å²) in [4.78, 5) is 16.2. The molecule has 1 aromatic heterocycles. The van der Waals surface area contributed by atoms with Crippen molar-refractivity contribution in [2.45, 2.75) is 26.7 Å². The van der Waals surface area contributed by atoms with Gasteiger partial charge in [0.1, 0.15) is 0 Å². The summed E-state index contributed by atoms with van der Waals surface area (Å²) in [6.45, 7) is 3.74. The Bertz CT molecular complexity index is 1060. The van der Waals surface area contributed by atoms with Gasteiger partial charge in [0.15, 0.2) is 23.0 Å². The summed E-state index contributed by atoms with van der Waals surface area (Å²) in [6, 6.07) is 9.72. The summed E-state index contributed by atoms with van der Waals surface area (Å²) >= 11 is 0. The third-order valence-corrected chi connectivity index (χ3v) is 4.68. The van der Waals surface area contributed by atoms with Gasteiger partial charge in [-0.15, -0.1) is 0 Å². The summed E-state index contributed by atoms with van der Waals surface area (Å²) in [7, 11) is 1.54. The summed E-state index contributed by atoms with van der Waals surface area (Å²) in [6.07, 6.45) is 3.63. The highest BCUT2D eigenvalue weighted by Gasteiger charge is 2.19. The van der Waals surface area contributed by atoms with Crippen LogP contribution in [0.3, 0.4) is 0 Å². The van der Waals surface area contributed by atoms with Crippen LogP contribution in [-0.2, 0) is 11.2 Å². The van der Waals surface area contributed by atoms with Crippen molar-refractivity contribution in [1.29, 1.82) is 0 Å². The van der Waals surface area contributed by atoms with Crippen molar-refractivity contribution >= 4 is 16.7 Å². The molecule has 28 heavy (non-hydrogen) atoms. The van der Waals surface area contributed by atoms with Crippen LogP contribution in [0.1, 0.15) is 25.8 Å². The number of hydrogen-bond donors (Lipinski definition) is 0. The Morgan fingerprint density at radius 1 is 1.18 bits per heavy atom. The highest BCUT2D eigenvalue weighted by Crippen LogP contribution is 2.41. The molecule has 0 radical (unpaired) electrons. The molecule has 6 heteroatoms. The number of fused-ring (bicyclic) bond motifs is 2. The number of methoxy groups -OCH3 is 1. The molecule has 0 atom stereocenters. The molecule has 1 aliphatic heterocycles. The molecule has 2 heterocycles. The van der Waals surface area contributed by atoms with Crippen LogP contribution < -0.4 is 18.9 Å². The quantitative estimate of drug-likeness (QED) is 0.480. The standard InChI is InChI=1S/C22H21NO5/c1-4-5-14-9-20-21(27-12-26-20)10-16(14)18-8-15-6-7-19(25-3)22(28-13(2)24)17(15)11-23-18/h6-11H,4-5,12H2,1-3H3. The first-order valence-electron chi connectivity index (χ1n) is 9.18. The molecule has 0 saturated heterocycles. The highest BCUT2D eigenvalue weighted by molar-refractivity contribution is 5.94. The van der Waals surface area contributed by atoms with E-state index in [1.165, 1.54) is 6.92 Å². The van der Waals surface area contributed by atoms with Gasteiger partial charge in [-0.1, -0.05) is 19.4 Å². The summed E-state index contributed by atoms with van der Waals surface area (Å²) in [5.74, 6) is 1.97. The van der Waals surface area contributed by atoms with E-state index in [9.17, 15) is 4.79 Å². The lowest BCUT2D eigenvalue weighted by molar-refractivity contribution is -0.131. The molecular formula is C22H21NO5. The summed E-state index contributed by atoms with van der Waals surface area (Å²) in [5.41, 5.74) is 3.00.